The molecule has 0 spiro atoms. The molecule has 0 N–H and O–H groups in total. The number of carbonyl (C=O) groups is 1. The predicted octanol–water partition coefficient (Wildman–Crippen LogP) is 0.758. The number of likely N-dealkylation sites (tertiary alicyclic amines) is 1. The van der Waals surface area contributed by atoms with E-state index in [4.69, 9.17) is 0 Å². The van der Waals surface area contributed by atoms with E-state index in [2.05, 4.69) is 19.9 Å². The van der Waals surface area contributed by atoms with Crippen LogP contribution in [0.25, 0.3) is 5.65 Å². The number of hydrogen-bond acceptors (Lipinski definition) is 6. The minimum absolute atomic E-state index is 0.0973. The molecule has 0 saturated carbocycles. The fourth-order valence-electron chi connectivity index (χ4n) is 4.26. The van der Waals surface area contributed by atoms with Crippen LogP contribution in [0.2, 0.25) is 0 Å². The van der Waals surface area contributed by atoms with Crippen molar-refractivity contribution in [2.24, 2.45) is 21.8 Å². The van der Waals surface area contributed by atoms with Crippen molar-refractivity contribution in [3.8, 4) is 0 Å². The zero-order valence-corrected chi connectivity index (χ0v) is 15.3. The molecular weight excluding hydrogens is 363 g/mol. The Hall–Kier alpha value is -3.10. The summed E-state index contributed by atoms with van der Waals surface area (Å²) in [6.07, 6.45) is -0.0127. The van der Waals surface area contributed by atoms with Crippen LogP contribution in [0.1, 0.15) is 6.92 Å². The number of halogens is 1. The Kier molecular flexibility index (Phi) is 3.78. The van der Waals surface area contributed by atoms with Crippen LogP contribution in [-0.4, -0.2) is 64.2 Å². The molecule has 2 fully saturated rings. The molecule has 144 valence electrons. The molecule has 3 unspecified atom stereocenters. The number of carbonyl (C=O) groups excluding carboxylic acids is 1. The maximum absolute atomic E-state index is 13.6. The Morgan fingerprint density at radius 3 is 2.46 bits per heavy atom. The zero-order chi connectivity index (χ0) is 19.4. The summed E-state index contributed by atoms with van der Waals surface area (Å²) < 4.78 is 15.1. The lowest BCUT2D eigenvalue weighted by Crippen LogP contribution is -2.38. The smallest absolute Gasteiger partial charge is 0.289 e. The van der Waals surface area contributed by atoms with Crippen molar-refractivity contribution in [3.63, 3.8) is 0 Å². The largest absolute Gasteiger partial charge is 0.356 e. The lowest BCUT2D eigenvalue weighted by atomic mass is 10.0. The monoisotopic (exact) mass is 382 g/mol. The molecule has 1 amide bonds. The first kappa shape index (κ1) is 17.0. The number of aromatic nitrogens is 2. The second-order valence-electron chi connectivity index (χ2n) is 7.58. The number of fused-ring (bicyclic) bond motifs is 2. The van der Waals surface area contributed by atoms with E-state index in [0.29, 0.717) is 42.3 Å². The van der Waals surface area contributed by atoms with E-state index < -0.39 is 12.1 Å². The molecule has 0 bridgehead atoms. The number of guanidine groups is 1. The average Bonchev–Trinajstić information content (AvgIpc) is 3.25. The number of alkyl halides is 1. The predicted molar refractivity (Wildman–Crippen MR) is 103 cm³/mol. The second-order valence-corrected chi connectivity index (χ2v) is 7.58. The Balaban J connectivity index is 1.34. The molecule has 0 aromatic carbocycles. The lowest BCUT2D eigenvalue weighted by molar-refractivity contribution is -0.120. The minimum atomic E-state index is -1.72. The van der Waals surface area contributed by atoms with Crippen LogP contribution in [0.15, 0.2) is 45.2 Å². The van der Waals surface area contributed by atoms with Gasteiger partial charge in [-0.05, 0) is 19.1 Å². The summed E-state index contributed by atoms with van der Waals surface area (Å²) in [5.41, 5.74) is 0.693. The van der Waals surface area contributed by atoms with E-state index >= 15 is 0 Å². The van der Waals surface area contributed by atoms with E-state index in [1.165, 1.54) is 11.3 Å². The summed E-state index contributed by atoms with van der Waals surface area (Å²) >= 11 is 0. The van der Waals surface area contributed by atoms with Gasteiger partial charge in [-0.25, -0.2) is 14.4 Å². The molecule has 9 heteroatoms. The highest BCUT2D eigenvalue weighted by molar-refractivity contribution is 6.16. The lowest BCUT2D eigenvalue weighted by Gasteiger charge is -2.24. The number of nitrogens with zero attached hydrogens (tertiary/aromatic N) is 6. The third-order valence-corrected chi connectivity index (χ3v) is 5.72. The maximum Gasteiger partial charge on any atom is 0.289 e. The molecule has 3 aliphatic rings. The molecule has 5 heterocycles. The Labute approximate surface area is 160 Å². The fraction of sp³-hybridized carbons (Fsp3) is 0.421. The minimum Gasteiger partial charge on any atom is -0.356 e. The van der Waals surface area contributed by atoms with Crippen LogP contribution >= 0.6 is 0 Å². The average molecular weight is 382 g/mol. The second kappa shape index (κ2) is 6.22. The highest BCUT2D eigenvalue weighted by Gasteiger charge is 2.42. The van der Waals surface area contributed by atoms with Crippen LogP contribution in [0.5, 0.6) is 0 Å². The van der Waals surface area contributed by atoms with Crippen LogP contribution in [0.3, 0.4) is 0 Å². The van der Waals surface area contributed by atoms with Gasteiger partial charge >= 0.3 is 0 Å². The van der Waals surface area contributed by atoms with Gasteiger partial charge in [-0.15, -0.1) is 0 Å². The van der Waals surface area contributed by atoms with Gasteiger partial charge < -0.3 is 9.80 Å². The van der Waals surface area contributed by atoms with Crippen molar-refractivity contribution in [1.82, 2.24) is 14.3 Å². The van der Waals surface area contributed by atoms with Gasteiger partial charge in [0.05, 0.1) is 5.71 Å². The SMILES string of the molecule is CC1=NC(N2CC3CN(c4cc(=O)n5ccccc5n4)CC3C2)=NC(=O)C1F. The summed E-state index contributed by atoms with van der Waals surface area (Å²) in [4.78, 5) is 40.7. The van der Waals surface area contributed by atoms with Crippen molar-refractivity contribution in [1.29, 1.82) is 0 Å². The first-order chi connectivity index (χ1) is 13.5. The third kappa shape index (κ3) is 2.69. The van der Waals surface area contributed by atoms with Crippen LogP contribution in [0.4, 0.5) is 10.2 Å². The van der Waals surface area contributed by atoms with Gasteiger partial charge in [0.1, 0.15) is 11.5 Å². The number of pyridine rings is 1. The van der Waals surface area contributed by atoms with E-state index in [1.54, 1.807) is 18.3 Å². The van der Waals surface area contributed by atoms with Gasteiger partial charge in [-0.3, -0.25) is 14.0 Å². The van der Waals surface area contributed by atoms with Gasteiger partial charge in [-0.2, -0.15) is 4.99 Å². The first-order valence-corrected chi connectivity index (χ1v) is 9.30. The van der Waals surface area contributed by atoms with Crippen LogP contribution < -0.4 is 10.5 Å². The summed E-state index contributed by atoms with van der Waals surface area (Å²) in [5.74, 6) is 0.942. The highest BCUT2D eigenvalue weighted by Crippen LogP contribution is 2.33. The molecule has 2 aromatic rings. The molecule has 0 aliphatic carbocycles. The quantitative estimate of drug-likeness (QED) is 0.727. The van der Waals surface area contributed by atoms with Gasteiger partial charge in [0, 0.05) is 50.3 Å². The van der Waals surface area contributed by atoms with Crippen molar-refractivity contribution in [2.75, 3.05) is 31.1 Å². The van der Waals surface area contributed by atoms with Gasteiger partial charge in [0.25, 0.3) is 11.5 Å². The maximum atomic E-state index is 13.6. The van der Waals surface area contributed by atoms with Gasteiger partial charge in [0.2, 0.25) is 12.1 Å². The van der Waals surface area contributed by atoms with Gasteiger partial charge in [0.15, 0.2) is 0 Å². The molecule has 3 aliphatic heterocycles. The number of aliphatic imine (C=N–C) groups is 2. The Bertz CT molecular complexity index is 1080. The number of amides is 1. The van der Waals surface area contributed by atoms with Crippen molar-refractivity contribution in [3.05, 3.63) is 40.8 Å². The summed E-state index contributed by atoms with van der Waals surface area (Å²) in [7, 11) is 0. The van der Waals surface area contributed by atoms with E-state index in [9.17, 15) is 14.0 Å². The number of anilines is 1. The van der Waals surface area contributed by atoms with Gasteiger partial charge in [-0.1, -0.05) is 6.07 Å². The number of hydrogen-bond donors (Lipinski definition) is 0. The molecule has 2 saturated heterocycles. The standard InChI is InChI=1S/C19H19FN6O2/c1-11-17(20)18(28)23-19(21-11)25-9-12-7-24(8-13(12)10-25)15-6-16(27)26-5-3-2-4-14(26)22-15/h2-6,12-13,17H,7-10H2,1H3. The summed E-state index contributed by atoms with van der Waals surface area (Å²) in [6.45, 7) is 4.46. The van der Waals surface area contributed by atoms with Crippen molar-refractivity contribution >= 4 is 29.0 Å². The Morgan fingerprint density at radius 1 is 1.04 bits per heavy atom. The summed E-state index contributed by atoms with van der Waals surface area (Å²) in [5, 5.41) is 0. The third-order valence-electron chi connectivity index (χ3n) is 5.72. The Morgan fingerprint density at radius 2 is 1.75 bits per heavy atom. The topological polar surface area (TPSA) is 82.6 Å². The van der Waals surface area contributed by atoms with Crippen LogP contribution in [0, 0.1) is 11.8 Å². The van der Waals surface area contributed by atoms with Crippen molar-refractivity contribution < 1.29 is 9.18 Å². The first-order valence-electron chi connectivity index (χ1n) is 9.30. The van der Waals surface area contributed by atoms with Crippen LogP contribution in [-0.2, 0) is 4.79 Å². The molecule has 3 atom stereocenters. The zero-order valence-electron chi connectivity index (χ0n) is 15.3. The van der Waals surface area contributed by atoms with E-state index in [1.807, 2.05) is 17.0 Å². The number of rotatable bonds is 1. The normalized spacial score (nSPS) is 27.2. The van der Waals surface area contributed by atoms with Crippen molar-refractivity contribution in [2.45, 2.75) is 13.1 Å². The molecule has 0 radical (unpaired) electrons. The molecule has 5 rings (SSSR count). The van der Waals surface area contributed by atoms with E-state index in [-0.39, 0.29) is 11.3 Å². The molecular formula is C19H19FN6O2. The summed E-state index contributed by atoms with van der Waals surface area (Å²) in [6, 6.07) is 7.06. The van der Waals surface area contributed by atoms with E-state index in [0.717, 1.165) is 13.1 Å². The highest BCUT2D eigenvalue weighted by atomic mass is 19.1. The molecule has 2 aromatic heterocycles. The molecule has 8 nitrogen and oxygen atoms in total. The molecule has 28 heavy (non-hydrogen) atoms. The fourth-order valence-corrected chi connectivity index (χ4v) is 4.26.